The lowest BCUT2D eigenvalue weighted by molar-refractivity contribution is 1.32. The summed E-state index contributed by atoms with van der Waals surface area (Å²) < 4.78 is 2.48. The molecule has 3 aromatic heterocycles. The molecule has 0 bridgehead atoms. The van der Waals surface area contributed by atoms with Gasteiger partial charge >= 0.3 is 0 Å². The van der Waals surface area contributed by atoms with Crippen molar-refractivity contribution in [3.8, 4) is 0 Å². The van der Waals surface area contributed by atoms with Gasteiger partial charge in [-0.15, -0.1) is 0 Å². The molecule has 0 aliphatic carbocycles. The summed E-state index contributed by atoms with van der Waals surface area (Å²) in [4.78, 5) is 4.87. The summed E-state index contributed by atoms with van der Waals surface area (Å²) in [5.74, 6) is 0. The highest BCUT2D eigenvalue weighted by atomic mass is 14.9. The first-order valence-electron chi connectivity index (χ1n) is 10.1. The van der Waals surface area contributed by atoms with Gasteiger partial charge in [0.05, 0.1) is 22.1 Å². The van der Waals surface area contributed by atoms with Crippen molar-refractivity contribution in [3.63, 3.8) is 0 Å². The highest BCUT2D eigenvalue weighted by molar-refractivity contribution is 6.28. The van der Waals surface area contributed by atoms with Crippen molar-refractivity contribution in [2.24, 2.45) is 0 Å². The molecule has 0 fully saturated rings. The molecule has 0 N–H and O–H groups in total. The highest BCUT2D eigenvalue weighted by Crippen LogP contribution is 2.42. The Balaban J connectivity index is 1.95. The summed E-state index contributed by atoms with van der Waals surface area (Å²) >= 11 is 0. The monoisotopic (exact) mass is 370 g/mol. The molecule has 3 heterocycles. The maximum atomic E-state index is 4.87. The summed E-state index contributed by atoms with van der Waals surface area (Å²) in [5.41, 5.74) is 7.53. The van der Waals surface area contributed by atoms with E-state index in [4.69, 9.17) is 4.98 Å². The molecule has 0 radical (unpaired) electrons. The Hall–Kier alpha value is -3.65. The van der Waals surface area contributed by atoms with Crippen LogP contribution in [-0.2, 0) is 0 Å². The Morgan fingerprint density at radius 3 is 2.38 bits per heavy atom. The molecule has 0 spiro atoms. The Morgan fingerprint density at radius 2 is 1.52 bits per heavy atom. The molecule has 2 heteroatoms. The van der Waals surface area contributed by atoms with Crippen LogP contribution in [0, 0.1) is 13.8 Å². The molecule has 0 saturated carbocycles. The molecule has 0 saturated heterocycles. The molecule has 0 atom stereocenters. The number of fused-ring (bicyclic) bond motifs is 7. The third kappa shape index (κ3) is 1.79. The summed E-state index contributed by atoms with van der Waals surface area (Å²) in [6.07, 6.45) is 1.94. The van der Waals surface area contributed by atoms with Crippen molar-refractivity contribution in [1.82, 2.24) is 9.38 Å². The van der Waals surface area contributed by atoms with Crippen LogP contribution in [0.15, 0.2) is 72.9 Å². The first kappa shape index (κ1) is 15.3. The van der Waals surface area contributed by atoms with E-state index in [1.54, 1.807) is 0 Å². The van der Waals surface area contributed by atoms with Crippen LogP contribution in [0.5, 0.6) is 0 Å². The Kier molecular flexibility index (Phi) is 2.66. The second-order valence-corrected chi connectivity index (χ2v) is 8.25. The van der Waals surface area contributed by atoms with Crippen LogP contribution in [0.4, 0.5) is 0 Å². The van der Waals surface area contributed by atoms with Gasteiger partial charge in [-0.05, 0) is 65.4 Å². The van der Waals surface area contributed by atoms with Crippen LogP contribution in [0.3, 0.4) is 0 Å². The van der Waals surface area contributed by atoms with Crippen LogP contribution >= 0.6 is 0 Å². The molecule has 0 unspecified atom stereocenters. The SMILES string of the molecule is Cc1cc(C)c2c3ccc4ccnc5c6cc7ccccc7cc6n(c2c1)c3c45. The smallest absolute Gasteiger partial charge is 0.0822 e. The fourth-order valence-corrected chi connectivity index (χ4v) is 5.33. The van der Waals surface area contributed by atoms with Crippen molar-refractivity contribution in [3.05, 3.63) is 84.1 Å². The molecule has 7 aromatic rings. The normalized spacial score (nSPS) is 12.5. The van der Waals surface area contributed by atoms with E-state index in [2.05, 4.69) is 85.0 Å². The van der Waals surface area contributed by atoms with Gasteiger partial charge in [-0.1, -0.05) is 42.5 Å². The molecule has 2 nitrogen and oxygen atoms in total. The number of aromatic nitrogens is 2. The maximum absolute atomic E-state index is 4.87. The first-order valence-corrected chi connectivity index (χ1v) is 10.1. The van der Waals surface area contributed by atoms with Crippen molar-refractivity contribution < 1.29 is 0 Å². The van der Waals surface area contributed by atoms with E-state index in [1.807, 2.05) is 6.20 Å². The number of nitrogens with zero attached hydrogens (tertiary/aromatic N) is 2. The van der Waals surface area contributed by atoms with Gasteiger partial charge in [-0.3, -0.25) is 4.98 Å². The second kappa shape index (κ2) is 5.03. The molecule has 0 amide bonds. The quantitative estimate of drug-likeness (QED) is 0.205. The highest BCUT2D eigenvalue weighted by Gasteiger charge is 2.20. The molecular formula is C27H18N2. The van der Waals surface area contributed by atoms with Crippen LogP contribution in [0.25, 0.3) is 59.8 Å². The van der Waals surface area contributed by atoms with Crippen molar-refractivity contribution >= 4 is 59.8 Å². The van der Waals surface area contributed by atoms with E-state index in [1.165, 1.54) is 65.4 Å². The van der Waals surface area contributed by atoms with E-state index >= 15 is 0 Å². The van der Waals surface area contributed by atoms with Gasteiger partial charge in [0.2, 0.25) is 0 Å². The van der Waals surface area contributed by atoms with Crippen LogP contribution in [0.1, 0.15) is 11.1 Å². The third-order valence-electron chi connectivity index (χ3n) is 6.46. The standard InChI is InChI=1S/C27H18N2/c1-15-11-16(2)24-20-8-7-17-9-10-28-26-21-13-18-5-3-4-6-19(18)14-22(21)29(23(24)12-15)27(20)25(17)26/h3-14H,1-2H3. The fraction of sp³-hybridized carbons (Fsp3) is 0.0741. The molecule has 29 heavy (non-hydrogen) atoms. The Labute approximate surface area is 167 Å². The molecule has 136 valence electrons. The van der Waals surface area contributed by atoms with Crippen molar-refractivity contribution in [1.29, 1.82) is 0 Å². The second-order valence-electron chi connectivity index (χ2n) is 8.25. The van der Waals surface area contributed by atoms with Gasteiger partial charge in [-0.25, -0.2) is 0 Å². The van der Waals surface area contributed by atoms with Gasteiger partial charge in [0.15, 0.2) is 0 Å². The zero-order valence-corrected chi connectivity index (χ0v) is 16.3. The minimum absolute atomic E-state index is 1.10. The molecular weight excluding hydrogens is 352 g/mol. The summed E-state index contributed by atoms with van der Waals surface area (Å²) in [6.45, 7) is 4.42. The number of benzene rings is 4. The summed E-state index contributed by atoms with van der Waals surface area (Å²) in [6, 6.07) is 24.5. The topological polar surface area (TPSA) is 17.3 Å². The van der Waals surface area contributed by atoms with Gasteiger partial charge in [-0.2, -0.15) is 0 Å². The average molecular weight is 370 g/mol. The lowest BCUT2D eigenvalue weighted by Crippen LogP contribution is -1.94. The minimum Gasteiger partial charge on any atom is -0.308 e. The predicted molar refractivity (Wildman–Crippen MR) is 123 cm³/mol. The van der Waals surface area contributed by atoms with Gasteiger partial charge in [0.1, 0.15) is 0 Å². The zero-order chi connectivity index (χ0) is 19.3. The first-order chi connectivity index (χ1) is 14.2. The van der Waals surface area contributed by atoms with E-state index in [0.717, 1.165) is 5.52 Å². The third-order valence-corrected chi connectivity index (χ3v) is 6.46. The Bertz CT molecular complexity index is 1770. The van der Waals surface area contributed by atoms with E-state index in [9.17, 15) is 0 Å². The zero-order valence-electron chi connectivity index (χ0n) is 16.3. The number of pyridine rings is 2. The minimum atomic E-state index is 1.10. The van der Waals surface area contributed by atoms with E-state index in [0.29, 0.717) is 0 Å². The van der Waals surface area contributed by atoms with Crippen LogP contribution in [-0.4, -0.2) is 9.38 Å². The number of hydrogen-bond donors (Lipinski definition) is 0. The van der Waals surface area contributed by atoms with Gasteiger partial charge in [0, 0.05) is 27.7 Å². The van der Waals surface area contributed by atoms with Crippen molar-refractivity contribution in [2.75, 3.05) is 0 Å². The lowest BCUT2D eigenvalue weighted by atomic mass is 10.00. The van der Waals surface area contributed by atoms with Crippen LogP contribution in [0.2, 0.25) is 0 Å². The Morgan fingerprint density at radius 1 is 0.690 bits per heavy atom. The largest absolute Gasteiger partial charge is 0.308 e. The van der Waals surface area contributed by atoms with Gasteiger partial charge < -0.3 is 4.40 Å². The summed E-state index contributed by atoms with van der Waals surface area (Å²) in [5, 5.41) is 8.91. The number of aryl methyl sites for hydroxylation is 2. The fourth-order valence-electron chi connectivity index (χ4n) is 5.33. The lowest BCUT2D eigenvalue weighted by Gasteiger charge is -2.13. The summed E-state index contributed by atoms with van der Waals surface area (Å²) in [7, 11) is 0. The van der Waals surface area contributed by atoms with Crippen molar-refractivity contribution in [2.45, 2.75) is 13.8 Å². The number of hydrogen-bond acceptors (Lipinski definition) is 1. The van der Waals surface area contributed by atoms with Crippen LogP contribution < -0.4 is 0 Å². The predicted octanol–water partition coefficient (Wildman–Crippen LogP) is 7.15. The van der Waals surface area contributed by atoms with E-state index in [-0.39, 0.29) is 0 Å². The van der Waals surface area contributed by atoms with Gasteiger partial charge in [0.25, 0.3) is 0 Å². The molecule has 0 aliphatic heterocycles. The molecule has 4 aromatic carbocycles. The molecule has 7 rings (SSSR count). The average Bonchev–Trinajstić information content (AvgIpc) is 3.07. The number of rotatable bonds is 0. The molecule has 0 aliphatic rings. The van der Waals surface area contributed by atoms with E-state index < -0.39 is 0 Å². The maximum Gasteiger partial charge on any atom is 0.0822 e.